The summed E-state index contributed by atoms with van der Waals surface area (Å²) in [6.07, 6.45) is 6.45. The Balaban J connectivity index is 2.03. The largest absolute Gasteiger partial charge is 0.350 e. The lowest BCUT2D eigenvalue weighted by Crippen LogP contribution is -2.55. The maximum atomic E-state index is 12.3. The van der Waals surface area contributed by atoms with Crippen LogP contribution in [0.15, 0.2) is 22.9 Å². The van der Waals surface area contributed by atoms with Crippen LogP contribution in [0.3, 0.4) is 0 Å². The van der Waals surface area contributed by atoms with Gasteiger partial charge in [-0.2, -0.15) is 0 Å². The summed E-state index contributed by atoms with van der Waals surface area (Å²) in [5.74, 6) is 0.686. The van der Waals surface area contributed by atoms with Crippen molar-refractivity contribution >= 4 is 21.8 Å². The fourth-order valence-electron chi connectivity index (χ4n) is 3.25. The molecule has 1 aromatic heterocycles. The molecule has 1 aliphatic carbocycles. The molecule has 2 unspecified atom stereocenters. The van der Waals surface area contributed by atoms with Crippen LogP contribution in [0.25, 0.3) is 0 Å². The number of carbonyl (C=O) groups excluding carboxylic acids is 1. The Morgan fingerprint density at radius 3 is 2.95 bits per heavy atom. The van der Waals surface area contributed by atoms with Gasteiger partial charge < -0.3 is 10.2 Å². The molecule has 1 N–H and O–H groups in total. The first-order valence-corrected chi connectivity index (χ1v) is 8.29. The number of carbonyl (C=O) groups is 1. The third kappa shape index (κ3) is 4.04. The van der Waals surface area contributed by atoms with Crippen LogP contribution in [0.1, 0.15) is 43.0 Å². The molecule has 1 amide bonds. The second kappa shape index (κ2) is 6.88. The molecule has 2 atom stereocenters. The highest BCUT2D eigenvalue weighted by Gasteiger charge is 2.37. The van der Waals surface area contributed by atoms with E-state index in [0.29, 0.717) is 22.6 Å². The molecule has 0 bridgehead atoms. The van der Waals surface area contributed by atoms with Crippen molar-refractivity contribution in [3.8, 4) is 0 Å². The zero-order chi connectivity index (χ0) is 15.5. The molecule has 116 valence electrons. The number of aromatic nitrogens is 1. The van der Waals surface area contributed by atoms with Crippen molar-refractivity contribution in [2.45, 2.75) is 38.1 Å². The van der Waals surface area contributed by atoms with Gasteiger partial charge in [-0.3, -0.25) is 4.79 Å². The van der Waals surface area contributed by atoms with Crippen LogP contribution in [-0.4, -0.2) is 42.0 Å². The number of pyridine rings is 1. The molecule has 21 heavy (non-hydrogen) atoms. The average Bonchev–Trinajstić information content (AvgIpc) is 2.44. The van der Waals surface area contributed by atoms with Gasteiger partial charge in [0.25, 0.3) is 5.91 Å². The molecular weight excluding hydrogens is 330 g/mol. The molecule has 1 fully saturated rings. The normalized spacial score (nSPS) is 25.9. The molecular formula is C16H24BrN3O. The average molecular weight is 354 g/mol. The van der Waals surface area contributed by atoms with Crippen molar-refractivity contribution in [2.75, 3.05) is 20.6 Å². The van der Waals surface area contributed by atoms with Gasteiger partial charge in [-0.15, -0.1) is 0 Å². The first kappa shape index (κ1) is 16.4. The van der Waals surface area contributed by atoms with Crippen molar-refractivity contribution < 1.29 is 4.79 Å². The van der Waals surface area contributed by atoms with Crippen molar-refractivity contribution in [3.05, 3.63) is 28.5 Å². The number of halogens is 1. The number of likely N-dealkylation sites (N-methyl/N-ethyl adjacent to an activating group) is 1. The zero-order valence-corrected chi connectivity index (χ0v) is 14.6. The molecule has 1 saturated carbocycles. The van der Waals surface area contributed by atoms with E-state index >= 15 is 0 Å². The van der Waals surface area contributed by atoms with E-state index in [1.54, 1.807) is 18.3 Å². The van der Waals surface area contributed by atoms with Gasteiger partial charge in [-0.05, 0) is 60.9 Å². The smallest absolute Gasteiger partial charge is 0.251 e. The van der Waals surface area contributed by atoms with E-state index in [1.165, 1.54) is 12.8 Å². The highest BCUT2D eigenvalue weighted by Crippen LogP contribution is 2.35. The van der Waals surface area contributed by atoms with Crippen LogP contribution in [0.4, 0.5) is 0 Å². The number of nitrogens with zero attached hydrogens (tertiary/aromatic N) is 2. The maximum absolute atomic E-state index is 12.3. The van der Waals surface area contributed by atoms with Crippen molar-refractivity contribution in [3.63, 3.8) is 0 Å². The summed E-state index contributed by atoms with van der Waals surface area (Å²) < 4.78 is 0.684. The number of rotatable bonds is 4. The summed E-state index contributed by atoms with van der Waals surface area (Å²) in [4.78, 5) is 18.6. The van der Waals surface area contributed by atoms with Gasteiger partial charge in [0, 0.05) is 23.8 Å². The van der Waals surface area contributed by atoms with Crippen molar-refractivity contribution in [1.29, 1.82) is 0 Å². The molecule has 0 spiro atoms. The highest BCUT2D eigenvalue weighted by atomic mass is 79.9. The summed E-state index contributed by atoms with van der Waals surface area (Å²) in [6, 6.07) is 3.49. The van der Waals surface area contributed by atoms with E-state index in [0.717, 1.165) is 12.8 Å². The second-order valence-corrected chi connectivity index (χ2v) is 7.18. The number of hydrogen-bond acceptors (Lipinski definition) is 3. The Labute approximate surface area is 135 Å². The number of nitrogens with one attached hydrogen (secondary N) is 1. The molecule has 5 heteroatoms. The Hall–Kier alpha value is -0.940. The Morgan fingerprint density at radius 1 is 1.57 bits per heavy atom. The maximum Gasteiger partial charge on any atom is 0.251 e. The van der Waals surface area contributed by atoms with Crippen molar-refractivity contribution in [2.24, 2.45) is 5.92 Å². The minimum Gasteiger partial charge on any atom is -0.350 e. The molecule has 2 rings (SSSR count). The Kier molecular flexibility index (Phi) is 5.38. The van der Waals surface area contributed by atoms with E-state index in [1.807, 2.05) is 0 Å². The van der Waals surface area contributed by atoms with Gasteiger partial charge in [0.1, 0.15) is 4.60 Å². The van der Waals surface area contributed by atoms with Gasteiger partial charge in [0.2, 0.25) is 0 Å². The Bertz CT molecular complexity index is 506. The summed E-state index contributed by atoms with van der Waals surface area (Å²) in [6.45, 7) is 3.00. The zero-order valence-electron chi connectivity index (χ0n) is 13.0. The first-order chi connectivity index (χ1) is 9.93. The molecule has 0 aliphatic heterocycles. The lowest BCUT2D eigenvalue weighted by atomic mass is 9.75. The standard InChI is InChI=1S/C16H24BrN3O/c1-12-5-4-7-16(10-12,20(2)3)11-19-15(21)13-6-8-18-14(17)9-13/h6,8-9,12H,4-5,7,10-11H2,1-3H3,(H,19,21). The minimum absolute atomic E-state index is 0.0300. The second-order valence-electron chi connectivity index (χ2n) is 6.37. The van der Waals surface area contributed by atoms with E-state index < -0.39 is 0 Å². The predicted octanol–water partition coefficient (Wildman–Crippen LogP) is 3.08. The van der Waals surface area contributed by atoms with Crippen LogP contribution < -0.4 is 5.32 Å². The van der Waals surface area contributed by atoms with Gasteiger partial charge >= 0.3 is 0 Å². The third-order valence-corrected chi connectivity index (χ3v) is 5.02. The molecule has 4 nitrogen and oxygen atoms in total. The van der Waals surface area contributed by atoms with Crippen LogP contribution in [0.5, 0.6) is 0 Å². The summed E-state index contributed by atoms with van der Waals surface area (Å²) >= 11 is 3.30. The summed E-state index contributed by atoms with van der Waals surface area (Å²) in [7, 11) is 4.24. The SMILES string of the molecule is CC1CCCC(CNC(=O)c2ccnc(Br)c2)(N(C)C)C1. The van der Waals surface area contributed by atoms with Crippen LogP contribution in [0.2, 0.25) is 0 Å². The van der Waals surface area contributed by atoms with E-state index in [4.69, 9.17) is 0 Å². The lowest BCUT2D eigenvalue weighted by Gasteiger charge is -2.45. The molecule has 1 aliphatic rings. The molecule has 0 saturated heterocycles. The van der Waals surface area contributed by atoms with E-state index in [-0.39, 0.29) is 11.4 Å². The molecule has 1 heterocycles. The monoisotopic (exact) mass is 353 g/mol. The highest BCUT2D eigenvalue weighted by molar-refractivity contribution is 9.10. The minimum atomic E-state index is -0.0300. The summed E-state index contributed by atoms with van der Waals surface area (Å²) in [5, 5.41) is 3.11. The van der Waals surface area contributed by atoms with Gasteiger partial charge in [0.15, 0.2) is 0 Å². The number of hydrogen-bond donors (Lipinski definition) is 1. The fraction of sp³-hybridized carbons (Fsp3) is 0.625. The summed E-state index contributed by atoms with van der Waals surface area (Å²) in [5.41, 5.74) is 0.729. The van der Waals surface area contributed by atoms with Crippen LogP contribution in [0, 0.1) is 5.92 Å². The van der Waals surface area contributed by atoms with Gasteiger partial charge in [0.05, 0.1) is 0 Å². The Morgan fingerprint density at radius 2 is 2.33 bits per heavy atom. The van der Waals surface area contributed by atoms with E-state index in [9.17, 15) is 4.79 Å². The third-order valence-electron chi connectivity index (χ3n) is 4.58. The van der Waals surface area contributed by atoms with E-state index in [2.05, 4.69) is 52.1 Å². The molecule has 0 aromatic carbocycles. The van der Waals surface area contributed by atoms with Crippen LogP contribution in [-0.2, 0) is 0 Å². The van der Waals surface area contributed by atoms with Crippen molar-refractivity contribution in [1.82, 2.24) is 15.2 Å². The number of amides is 1. The topological polar surface area (TPSA) is 45.2 Å². The lowest BCUT2D eigenvalue weighted by molar-refractivity contribution is 0.0675. The van der Waals surface area contributed by atoms with Crippen LogP contribution >= 0.6 is 15.9 Å². The quantitative estimate of drug-likeness (QED) is 0.846. The first-order valence-electron chi connectivity index (χ1n) is 7.50. The predicted molar refractivity (Wildman–Crippen MR) is 88.3 cm³/mol. The molecule has 0 radical (unpaired) electrons. The molecule has 1 aromatic rings. The fourth-order valence-corrected chi connectivity index (χ4v) is 3.61. The van der Waals surface area contributed by atoms with Gasteiger partial charge in [-0.25, -0.2) is 4.98 Å². The van der Waals surface area contributed by atoms with Gasteiger partial charge in [-0.1, -0.05) is 19.8 Å².